The molecule has 0 unspecified atom stereocenters. The van der Waals surface area contributed by atoms with Gasteiger partial charge in [-0.1, -0.05) is 5.16 Å². The lowest BCUT2D eigenvalue weighted by Gasteiger charge is -2.08. The molecule has 1 N–H and O–H groups in total. The minimum absolute atomic E-state index is 0.0938. The zero-order valence-corrected chi connectivity index (χ0v) is 13.2. The molecule has 0 saturated heterocycles. The number of rotatable bonds is 3. The zero-order chi connectivity index (χ0) is 16.7. The van der Waals surface area contributed by atoms with Crippen molar-refractivity contribution in [3.63, 3.8) is 0 Å². The Kier molecular flexibility index (Phi) is 3.30. The summed E-state index contributed by atoms with van der Waals surface area (Å²) in [5, 5.41) is 14.4. The summed E-state index contributed by atoms with van der Waals surface area (Å²) in [4.78, 5) is 0. The van der Waals surface area contributed by atoms with Crippen molar-refractivity contribution in [2.24, 2.45) is 0 Å². The molecular weight excluding hydrogens is 310 g/mol. The van der Waals surface area contributed by atoms with Crippen LogP contribution in [0.3, 0.4) is 0 Å². The van der Waals surface area contributed by atoms with Crippen LogP contribution < -0.4 is 14.2 Å². The van der Waals surface area contributed by atoms with Gasteiger partial charge in [0.15, 0.2) is 11.5 Å². The Labute approximate surface area is 138 Å². The normalized spacial score (nSPS) is 12.4. The van der Waals surface area contributed by atoms with E-state index in [-0.39, 0.29) is 12.5 Å². The van der Waals surface area contributed by atoms with Crippen LogP contribution in [0.25, 0.3) is 22.4 Å². The average molecular weight is 325 g/mol. The molecule has 0 radical (unpaired) electrons. The lowest BCUT2D eigenvalue weighted by Crippen LogP contribution is -1.93. The first-order valence-electron chi connectivity index (χ1n) is 7.39. The Bertz CT molecular complexity index is 916. The van der Waals surface area contributed by atoms with Crippen molar-refractivity contribution in [2.75, 3.05) is 13.9 Å². The van der Waals surface area contributed by atoms with E-state index in [4.69, 9.17) is 18.7 Å². The number of hydrogen-bond acceptors (Lipinski definition) is 6. The lowest BCUT2D eigenvalue weighted by atomic mass is 9.99. The van der Waals surface area contributed by atoms with E-state index in [1.54, 1.807) is 25.3 Å². The molecule has 2 aromatic carbocycles. The van der Waals surface area contributed by atoms with Gasteiger partial charge in [0, 0.05) is 17.2 Å². The van der Waals surface area contributed by atoms with Gasteiger partial charge >= 0.3 is 0 Å². The maximum Gasteiger partial charge on any atom is 0.231 e. The van der Waals surface area contributed by atoms with Crippen molar-refractivity contribution in [3.8, 4) is 45.4 Å². The smallest absolute Gasteiger partial charge is 0.231 e. The molecule has 0 amide bonds. The number of ether oxygens (including phenoxy) is 3. The average Bonchev–Trinajstić information content (AvgIpc) is 3.23. The summed E-state index contributed by atoms with van der Waals surface area (Å²) in [7, 11) is 1.55. The van der Waals surface area contributed by atoms with Crippen LogP contribution in [0, 0.1) is 6.92 Å². The summed E-state index contributed by atoms with van der Waals surface area (Å²) in [5.74, 6) is 2.10. The second kappa shape index (κ2) is 5.49. The van der Waals surface area contributed by atoms with Crippen LogP contribution in [0.4, 0.5) is 0 Å². The Morgan fingerprint density at radius 3 is 2.79 bits per heavy atom. The van der Waals surface area contributed by atoms with E-state index < -0.39 is 0 Å². The highest BCUT2D eigenvalue weighted by atomic mass is 16.7. The largest absolute Gasteiger partial charge is 0.507 e. The van der Waals surface area contributed by atoms with E-state index >= 15 is 0 Å². The standard InChI is InChI=1S/C18H15NO5/c1-10-5-11(6-16-18(10)23-9-22-16)17-14(8-24-19-17)13-4-3-12(21-2)7-15(13)20/h3-8,20H,9H2,1-2H3. The fourth-order valence-electron chi connectivity index (χ4n) is 2.82. The Balaban J connectivity index is 1.83. The SMILES string of the molecule is COc1ccc(-c2conc2-c2cc(C)c3c(c2)OCO3)c(O)c1. The van der Waals surface area contributed by atoms with E-state index in [0.29, 0.717) is 28.3 Å². The molecule has 122 valence electrons. The molecule has 1 aromatic heterocycles. The topological polar surface area (TPSA) is 74.0 Å². The number of benzene rings is 2. The van der Waals surface area contributed by atoms with Gasteiger partial charge in [0.1, 0.15) is 23.5 Å². The monoisotopic (exact) mass is 325 g/mol. The van der Waals surface area contributed by atoms with Gasteiger partial charge in [-0.15, -0.1) is 0 Å². The molecular formula is C18H15NO5. The molecule has 4 rings (SSSR count). The number of methoxy groups -OCH3 is 1. The molecule has 24 heavy (non-hydrogen) atoms. The van der Waals surface area contributed by atoms with Crippen molar-refractivity contribution < 1.29 is 23.8 Å². The van der Waals surface area contributed by atoms with Crippen molar-refractivity contribution in [3.05, 3.63) is 42.2 Å². The summed E-state index contributed by atoms with van der Waals surface area (Å²) in [5.41, 5.74) is 3.70. The molecule has 1 aliphatic rings. The van der Waals surface area contributed by atoms with Crippen molar-refractivity contribution in [1.29, 1.82) is 0 Å². The minimum atomic E-state index is 0.0938. The number of nitrogens with zero attached hydrogens (tertiary/aromatic N) is 1. The third-order valence-electron chi connectivity index (χ3n) is 4.00. The lowest BCUT2D eigenvalue weighted by molar-refractivity contribution is 0.173. The number of aromatic hydroxyl groups is 1. The van der Waals surface area contributed by atoms with Gasteiger partial charge in [-0.3, -0.25) is 0 Å². The Morgan fingerprint density at radius 2 is 2.00 bits per heavy atom. The maximum absolute atomic E-state index is 10.3. The second-order valence-corrected chi connectivity index (χ2v) is 5.49. The van der Waals surface area contributed by atoms with Crippen LogP contribution in [0.1, 0.15) is 5.56 Å². The summed E-state index contributed by atoms with van der Waals surface area (Å²) in [6.07, 6.45) is 1.51. The highest BCUT2D eigenvalue weighted by Crippen LogP contribution is 2.42. The molecule has 3 aromatic rings. The number of hydrogen-bond donors (Lipinski definition) is 1. The van der Waals surface area contributed by atoms with Crippen LogP contribution in [-0.2, 0) is 0 Å². The van der Waals surface area contributed by atoms with Crippen molar-refractivity contribution in [1.82, 2.24) is 5.16 Å². The molecule has 6 heteroatoms. The maximum atomic E-state index is 10.3. The first kappa shape index (κ1) is 14.4. The summed E-state index contributed by atoms with van der Waals surface area (Å²) in [6.45, 7) is 2.16. The predicted octanol–water partition coefficient (Wildman–Crippen LogP) is 3.76. The van der Waals surface area contributed by atoms with Gasteiger partial charge < -0.3 is 23.8 Å². The highest BCUT2D eigenvalue weighted by Gasteiger charge is 2.21. The van der Waals surface area contributed by atoms with Gasteiger partial charge in [0.05, 0.1) is 12.7 Å². The first-order chi connectivity index (χ1) is 11.7. The number of aryl methyl sites for hydroxylation is 1. The van der Waals surface area contributed by atoms with Crippen LogP contribution >= 0.6 is 0 Å². The van der Waals surface area contributed by atoms with E-state index in [0.717, 1.165) is 16.9 Å². The number of phenols is 1. The summed E-state index contributed by atoms with van der Waals surface area (Å²) >= 11 is 0. The predicted molar refractivity (Wildman–Crippen MR) is 86.5 cm³/mol. The Morgan fingerprint density at radius 1 is 1.12 bits per heavy atom. The molecule has 0 fully saturated rings. The molecule has 0 bridgehead atoms. The van der Waals surface area contributed by atoms with E-state index in [9.17, 15) is 5.11 Å². The summed E-state index contributed by atoms with van der Waals surface area (Å²) < 4.78 is 21.2. The van der Waals surface area contributed by atoms with E-state index in [1.807, 2.05) is 19.1 Å². The highest BCUT2D eigenvalue weighted by molar-refractivity contribution is 5.84. The fourth-order valence-corrected chi connectivity index (χ4v) is 2.82. The van der Waals surface area contributed by atoms with E-state index in [2.05, 4.69) is 5.16 Å². The van der Waals surface area contributed by atoms with E-state index in [1.165, 1.54) is 6.26 Å². The van der Waals surface area contributed by atoms with Gasteiger partial charge in [0.25, 0.3) is 0 Å². The first-order valence-corrected chi connectivity index (χ1v) is 7.39. The van der Waals surface area contributed by atoms with Gasteiger partial charge in [-0.25, -0.2) is 0 Å². The molecule has 6 nitrogen and oxygen atoms in total. The zero-order valence-electron chi connectivity index (χ0n) is 13.2. The fraction of sp³-hybridized carbons (Fsp3) is 0.167. The molecule has 1 aliphatic heterocycles. The van der Waals surface area contributed by atoms with Gasteiger partial charge in [0.2, 0.25) is 6.79 Å². The molecule has 0 spiro atoms. The Hall–Kier alpha value is -3.15. The van der Waals surface area contributed by atoms with Gasteiger partial charge in [-0.2, -0.15) is 0 Å². The number of fused-ring (bicyclic) bond motifs is 1. The number of aromatic nitrogens is 1. The third-order valence-corrected chi connectivity index (χ3v) is 4.00. The van der Waals surface area contributed by atoms with Crippen LogP contribution in [0.5, 0.6) is 23.0 Å². The van der Waals surface area contributed by atoms with Crippen molar-refractivity contribution in [2.45, 2.75) is 6.92 Å². The van der Waals surface area contributed by atoms with Crippen LogP contribution in [0.15, 0.2) is 41.1 Å². The third kappa shape index (κ3) is 2.23. The second-order valence-electron chi connectivity index (χ2n) is 5.49. The van der Waals surface area contributed by atoms with Crippen LogP contribution in [-0.4, -0.2) is 24.2 Å². The van der Waals surface area contributed by atoms with Gasteiger partial charge in [-0.05, 0) is 36.8 Å². The molecule has 0 aliphatic carbocycles. The molecule has 2 heterocycles. The molecule has 0 atom stereocenters. The minimum Gasteiger partial charge on any atom is -0.507 e. The number of phenolic OH excluding ortho intramolecular Hbond substituents is 1. The quantitative estimate of drug-likeness (QED) is 0.790. The van der Waals surface area contributed by atoms with Crippen molar-refractivity contribution >= 4 is 0 Å². The van der Waals surface area contributed by atoms with Crippen LogP contribution in [0.2, 0.25) is 0 Å². The molecule has 0 saturated carbocycles. The summed E-state index contributed by atoms with van der Waals surface area (Å²) in [6, 6.07) is 8.91.